The van der Waals surface area contributed by atoms with Crippen molar-refractivity contribution in [3.8, 4) is 33.6 Å². The van der Waals surface area contributed by atoms with Crippen LogP contribution >= 0.6 is 0 Å². The molecule has 0 radical (unpaired) electrons. The van der Waals surface area contributed by atoms with Crippen molar-refractivity contribution in [3.63, 3.8) is 0 Å². The van der Waals surface area contributed by atoms with E-state index in [0.717, 1.165) is 89.7 Å². The number of hydrogen-bond donors (Lipinski definition) is 2. The van der Waals surface area contributed by atoms with E-state index in [9.17, 15) is 0 Å². The zero-order valence-electron chi connectivity index (χ0n) is 23.1. The van der Waals surface area contributed by atoms with Crippen molar-refractivity contribution in [2.75, 3.05) is 32.1 Å². The molecule has 0 bridgehead atoms. The number of anilines is 2. The van der Waals surface area contributed by atoms with Crippen molar-refractivity contribution in [1.82, 2.24) is 44.6 Å². The van der Waals surface area contributed by atoms with Gasteiger partial charge in [-0.05, 0) is 30.9 Å². The molecule has 4 aromatic heterocycles. The van der Waals surface area contributed by atoms with Gasteiger partial charge in [-0.1, -0.05) is 24.3 Å². The molecule has 5 aromatic rings. The lowest BCUT2D eigenvalue weighted by Gasteiger charge is -2.17. The molecule has 4 heterocycles. The normalized spacial score (nSPS) is 12.4. The molecular weight excluding hydrogens is 504 g/mol. The summed E-state index contributed by atoms with van der Waals surface area (Å²) in [5.41, 5.74) is 8.57. The number of nitrogens with zero attached hydrogens (tertiary/aromatic N) is 8. The van der Waals surface area contributed by atoms with Gasteiger partial charge >= 0.3 is 0 Å². The maximum Gasteiger partial charge on any atom is 0.228 e. The van der Waals surface area contributed by atoms with E-state index in [4.69, 9.17) is 14.8 Å². The predicted octanol–water partition coefficient (Wildman–Crippen LogP) is 3.70. The first-order valence-electron chi connectivity index (χ1n) is 13.7. The molecule has 0 saturated carbocycles. The fourth-order valence-corrected chi connectivity index (χ4v) is 5.12. The smallest absolute Gasteiger partial charge is 0.228 e. The van der Waals surface area contributed by atoms with E-state index >= 15 is 0 Å². The van der Waals surface area contributed by atoms with Crippen molar-refractivity contribution < 1.29 is 4.74 Å². The van der Waals surface area contributed by atoms with Gasteiger partial charge in [0.25, 0.3) is 0 Å². The second-order valence-electron chi connectivity index (χ2n) is 9.86. The summed E-state index contributed by atoms with van der Waals surface area (Å²) in [6.07, 6.45) is 9.61. The Hall–Kier alpha value is -4.35. The molecule has 206 valence electrons. The molecule has 0 saturated heterocycles. The van der Waals surface area contributed by atoms with E-state index in [1.54, 1.807) is 7.11 Å². The van der Waals surface area contributed by atoms with Gasteiger partial charge in [-0.25, -0.2) is 9.97 Å². The van der Waals surface area contributed by atoms with Crippen LogP contribution < -0.4 is 10.6 Å². The molecule has 11 heteroatoms. The first-order chi connectivity index (χ1) is 19.6. The highest BCUT2D eigenvalue weighted by Crippen LogP contribution is 2.40. The maximum absolute atomic E-state index is 5.08. The summed E-state index contributed by atoms with van der Waals surface area (Å²) in [5, 5.41) is 20.5. The number of benzene rings is 1. The number of fused-ring (bicyclic) bond motifs is 3. The Bertz CT molecular complexity index is 1600. The Balaban J connectivity index is 1.24. The molecule has 11 nitrogen and oxygen atoms in total. The predicted molar refractivity (Wildman–Crippen MR) is 154 cm³/mol. The van der Waals surface area contributed by atoms with Crippen LogP contribution in [-0.2, 0) is 37.7 Å². The molecule has 0 spiro atoms. The Morgan fingerprint density at radius 1 is 0.950 bits per heavy atom. The lowest BCUT2D eigenvalue weighted by atomic mass is 9.91. The van der Waals surface area contributed by atoms with Gasteiger partial charge in [0.05, 0.1) is 36.4 Å². The van der Waals surface area contributed by atoms with Gasteiger partial charge in [0.2, 0.25) is 5.95 Å². The number of methoxy groups -OCH3 is 1. The van der Waals surface area contributed by atoms with Gasteiger partial charge in [0.1, 0.15) is 0 Å². The number of aromatic nitrogens is 8. The average Bonchev–Trinajstić information content (AvgIpc) is 3.71. The van der Waals surface area contributed by atoms with Crippen LogP contribution in [0.5, 0.6) is 0 Å². The van der Waals surface area contributed by atoms with Gasteiger partial charge < -0.3 is 15.4 Å². The monoisotopic (exact) mass is 538 g/mol. The second kappa shape index (κ2) is 11.4. The van der Waals surface area contributed by atoms with E-state index in [0.29, 0.717) is 12.6 Å². The zero-order chi connectivity index (χ0) is 27.5. The highest BCUT2D eigenvalue weighted by molar-refractivity contribution is 5.85. The Labute approximate surface area is 233 Å². The molecule has 1 aliphatic rings. The van der Waals surface area contributed by atoms with E-state index in [-0.39, 0.29) is 0 Å². The molecule has 0 unspecified atom stereocenters. The first-order valence-corrected chi connectivity index (χ1v) is 13.7. The lowest BCUT2D eigenvalue weighted by molar-refractivity contribution is 0.199. The molecule has 6 rings (SSSR count). The number of rotatable bonds is 11. The molecular formula is C29H34N10O. The molecule has 2 N–H and O–H groups in total. The van der Waals surface area contributed by atoms with Crippen LogP contribution in [0.1, 0.15) is 18.2 Å². The van der Waals surface area contributed by atoms with Crippen LogP contribution in [0.3, 0.4) is 0 Å². The molecule has 1 aromatic carbocycles. The van der Waals surface area contributed by atoms with Crippen LogP contribution in [0.4, 0.5) is 11.8 Å². The number of hydrogen-bond acceptors (Lipinski definition) is 8. The first kappa shape index (κ1) is 25.9. The lowest BCUT2D eigenvalue weighted by Crippen LogP contribution is -2.23. The van der Waals surface area contributed by atoms with Crippen molar-refractivity contribution in [2.24, 2.45) is 7.05 Å². The summed E-state index contributed by atoms with van der Waals surface area (Å²) >= 11 is 0. The van der Waals surface area contributed by atoms with Crippen LogP contribution in [0.25, 0.3) is 33.6 Å². The minimum atomic E-state index is 0.531. The third kappa shape index (κ3) is 5.25. The molecule has 0 atom stereocenters. The van der Waals surface area contributed by atoms with E-state index < -0.39 is 0 Å². The SMILES string of the molecule is CCn1ccc(Nc2ncc3c(n2)-c2c(nn(C)c2-c2ccc(-c4cnn(CCNCCOC)c4)cc2)CC3)n1. The summed E-state index contributed by atoms with van der Waals surface area (Å²) < 4.78 is 10.9. The average molecular weight is 539 g/mol. The maximum atomic E-state index is 5.08. The molecule has 0 amide bonds. The molecule has 1 aliphatic carbocycles. The number of nitrogens with one attached hydrogen (secondary N) is 2. The van der Waals surface area contributed by atoms with Crippen LogP contribution in [0.2, 0.25) is 0 Å². The van der Waals surface area contributed by atoms with Gasteiger partial charge in [-0.15, -0.1) is 0 Å². The minimum Gasteiger partial charge on any atom is -0.383 e. The van der Waals surface area contributed by atoms with Crippen LogP contribution in [-0.4, -0.2) is 66.1 Å². The van der Waals surface area contributed by atoms with E-state index in [2.05, 4.69) is 63.2 Å². The van der Waals surface area contributed by atoms with Crippen molar-refractivity contribution in [1.29, 1.82) is 0 Å². The van der Waals surface area contributed by atoms with Gasteiger partial charge in [-0.3, -0.25) is 14.0 Å². The number of aryl methyl sites for hydroxylation is 4. The minimum absolute atomic E-state index is 0.531. The van der Waals surface area contributed by atoms with Crippen molar-refractivity contribution >= 4 is 11.8 Å². The van der Waals surface area contributed by atoms with Crippen LogP contribution in [0, 0.1) is 0 Å². The standard InChI is InChI=1S/C29H34N10O/c1-4-38-14-11-25(36-38)33-29-31-17-22-9-10-24-26(27(22)34-29)28(37(2)35-24)21-7-5-20(6-8-21)23-18-32-39(19-23)15-12-30-13-16-40-3/h5-8,11,14,17-19,30H,4,9-10,12-13,15-16H2,1-3H3,(H,31,33,34,36). The topological polar surface area (TPSA) is 113 Å². The van der Waals surface area contributed by atoms with Gasteiger partial charge in [0.15, 0.2) is 5.82 Å². The third-order valence-electron chi connectivity index (χ3n) is 7.18. The summed E-state index contributed by atoms with van der Waals surface area (Å²) in [7, 11) is 3.71. The molecule has 40 heavy (non-hydrogen) atoms. The number of ether oxygens (including phenoxy) is 1. The second-order valence-corrected chi connectivity index (χ2v) is 9.86. The summed E-state index contributed by atoms with van der Waals surface area (Å²) in [4.78, 5) is 9.51. The van der Waals surface area contributed by atoms with Gasteiger partial charge in [-0.2, -0.15) is 15.3 Å². The zero-order valence-corrected chi connectivity index (χ0v) is 23.1. The Morgan fingerprint density at radius 2 is 1.80 bits per heavy atom. The van der Waals surface area contributed by atoms with E-state index in [1.165, 1.54) is 0 Å². The van der Waals surface area contributed by atoms with Crippen LogP contribution in [0.15, 0.2) is 55.1 Å². The molecule has 0 fully saturated rings. The fraction of sp³-hybridized carbons (Fsp3) is 0.345. The Morgan fingerprint density at radius 3 is 2.60 bits per heavy atom. The van der Waals surface area contributed by atoms with Crippen molar-refractivity contribution in [3.05, 3.63) is 66.4 Å². The van der Waals surface area contributed by atoms with Crippen molar-refractivity contribution in [2.45, 2.75) is 32.9 Å². The summed E-state index contributed by atoms with van der Waals surface area (Å²) in [6, 6.07) is 10.5. The largest absolute Gasteiger partial charge is 0.383 e. The summed E-state index contributed by atoms with van der Waals surface area (Å²) in [6.45, 7) is 6.06. The highest BCUT2D eigenvalue weighted by atomic mass is 16.5. The fourth-order valence-electron chi connectivity index (χ4n) is 5.12. The van der Waals surface area contributed by atoms with E-state index in [1.807, 2.05) is 45.7 Å². The Kier molecular flexibility index (Phi) is 7.39. The third-order valence-corrected chi connectivity index (χ3v) is 7.18. The quantitative estimate of drug-likeness (QED) is 0.245. The highest BCUT2D eigenvalue weighted by Gasteiger charge is 2.27. The molecule has 0 aliphatic heterocycles. The summed E-state index contributed by atoms with van der Waals surface area (Å²) in [5.74, 6) is 1.26. The van der Waals surface area contributed by atoms with Gasteiger partial charge in [0, 0.05) is 75.1 Å².